The number of hydrogen-bond acceptors (Lipinski definition) is 4. The van der Waals surface area contributed by atoms with Gasteiger partial charge in [-0.1, -0.05) is 48.9 Å². The Bertz CT molecular complexity index is 730. The van der Waals surface area contributed by atoms with Gasteiger partial charge in [-0.2, -0.15) is 9.78 Å². The van der Waals surface area contributed by atoms with Gasteiger partial charge in [0.1, 0.15) is 5.15 Å². The molecular formula is C14H14ClN3OS. The molecule has 2 heterocycles. The first-order valence-electron chi connectivity index (χ1n) is 6.36. The smallest absolute Gasteiger partial charge is 0.212 e. The maximum absolute atomic E-state index is 9.49. The molecule has 0 unspecified atom stereocenters. The van der Waals surface area contributed by atoms with E-state index in [0.29, 0.717) is 10.7 Å². The van der Waals surface area contributed by atoms with Crippen molar-refractivity contribution in [1.29, 1.82) is 0 Å². The number of thiazole rings is 1. The highest BCUT2D eigenvalue weighted by molar-refractivity contribution is 7.20. The zero-order valence-electron chi connectivity index (χ0n) is 11.2. The number of aliphatic hydroxyl groups excluding tert-OH is 1. The third-order valence-electron chi connectivity index (χ3n) is 3.12. The number of aliphatic hydroxyl groups is 1. The standard InChI is InChI=1S/C14H14ClN3OS/c1-8(2)12-9(7-19)13(15)18(17-12)14-16-10-5-3-4-6-11(10)20-14/h3-6,8,19H,7H2,1-2H3. The second-order valence-electron chi connectivity index (χ2n) is 4.84. The predicted octanol–water partition coefficient (Wildman–Crippen LogP) is 3.75. The molecule has 20 heavy (non-hydrogen) atoms. The first kappa shape index (κ1) is 13.5. The van der Waals surface area contributed by atoms with E-state index in [0.717, 1.165) is 21.0 Å². The lowest BCUT2D eigenvalue weighted by Crippen LogP contribution is -1.97. The maximum atomic E-state index is 9.49. The molecule has 0 radical (unpaired) electrons. The molecule has 0 aliphatic carbocycles. The number of hydrogen-bond donors (Lipinski definition) is 1. The average Bonchev–Trinajstić information content (AvgIpc) is 2.98. The van der Waals surface area contributed by atoms with E-state index in [4.69, 9.17) is 11.6 Å². The predicted molar refractivity (Wildman–Crippen MR) is 81.8 cm³/mol. The molecule has 104 valence electrons. The molecule has 0 saturated carbocycles. The van der Waals surface area contributed by atoms with Crippen LogP contribution in [0.2, 0.25) is 5.15 Å². The van der Waals surface area contributed by atoms with Crippen molar-refractivity contribution in [2.45, 2.75) is 26.4 Å². The minimum Gasteiger partial charge on any atom is -0.391 e. The minimum absolute atomic E-state index is 0.114. The van der Waals surface area contributed by atoms with Crippen LogP contribution in [-0.4, -0.2) is 19.9 Å². The molecule has 0 fully saturated rings. The Balaban J connectivity index is 2.18. The van der Waals surface area contributed by atoms with E-state index in [9.17, 15) is 5.11 Å². The number of nitrogens with zero attached hydrogens (tertiary/aromatic N) is 3. The van der Waals surface area contributed by atoms with E-state index in [1.165, 1.54) is 11.3 Å². The summed E-state index contributed by atoms with van der Waals surface area (Å²) in [6.07, 6.45) is 0. The zero-order valence-corrected chi connectivity index (χ0v) is 12.7. The molecule has 4 nitrogen and oxygen atoms in total. The van der Waals surface area contributed by atoms with E-state index < -0.39 is 0 Å². The second-order valence-corrected chi connectivity index (χ2v) is 6.21. The Morgan fingerprint density at radius 1 is 1.35 bits per heavy atom. The molecule has 0 atom stereocenters. The van der Waals surface area contributed by atoms with Gasteiger partial charge in [0.25, 0.3) is 0 Å². The minimum atomic E-state index is -0.114. The number of aromatic nitrogens is 3. The summed E-state index contributed by atoms with van der Waals surface area (Å²) in [5.41, 5.74) is 2.42. The van der Waals surface area contributed by atoms with Crippen molar-refractivity contribution in [3.05, 3.63) is 40.7 Å². The van der Waals surface area contributed by atoms with E-state index in [1.54, 1.807) is 4.68 Å². The summed E-state index contributed by atoms with van der Waals surface area (Å²) < 4.78 is 2.71. The number of benzene rings is 1. The molecule has 6 heteroatoms. The lowest BCUT2D eigenvalue weighted by molar-refractivity contribution is 0.280. The summed E-state index contributed by atoms with van der Waals surface area (Å²) in [5.74, 6) is 0.199. The van der Waals surface area contributed by atoms with Crippen LogP contribution in [0, 0.1) is 0 Å². The molecule has 1 N–H and O–H groups in total. The topological polar surface area (TPSA) is 50.9 Å². The second kappa shape index (κ2) is 5.16. The van der Waals surface area contributed by atoms with Gasteiger partial charge in [0.05, 0.1) is 22.5 Å². The molecule has 0 saturated heterocycles. The summed E-state index contributed by atoms with van der Waals surface area (Å²) in [4.78, 5) is 4.54. The lowest BCUT2D eigenvalue weighted by atomic mass is 10.1. The fourth-order valence-corrected chi connectivity index (χ4v) is 3.38. The number of halogens is 1. The molecule has 1 aromatic carbocycles. The molecule has 0 spiro atoms. The maximum Gasteiger partial charge on any atom is 0.212 e. The van der Waals surface area contributed by atoms with Gasteiger partial charge in [0.15, 0.2) is 0 Å². The van der Waals surface area contributed by atoms with Crippen molar-refractivity contribution in [2.24, 2.45) is 0 Å². The summed E-state index contributed by atoms with van der Waals surface area (Å²) in [6.45, 7) is 3.94. The van der Waals surface area contributed by atoms with Gasteiger partial charge < -0.3 is 5.11 Å². The third kappa shape index (κ3) is 2.12. The molecule has 3 aromatic rings. The van der Waals surface area contributed by atoms with Gasteiger partial charge in [0, 0.05) is 5.56 Å². The van der Waals surface area contributed by atoms with Crippen LogP contribution in [0.25, 0.3) is 15.3 Å². The third-order valence-corrected chi connectivity index (χ3v) is 4.52. The highest BCUT2D eigenvalue weighted by atomic mass is 35.5. The van der Waals surface area contributed by atoms with Crippen molar-refractivity contribution in [3.8, 4) is 5.13 Å². The Morgan fingerprint density at radius 2 is 2.10 bits per heavy atom. The van der Waals surface area contributed by atoms with Gasteiger partial charge in [-0.05, 0) is 18.1 Å². The molecule has 0 aliphatic heterocycles. The molecule has 0 aliphatic rings. The Hall–Kier alpha value is -1.43. The van der Waals surface area contributed by atoms with Crippen LogP contribution >= 0.6 is 22.9 Å². The van der Waals surface area contributed by atoms with Gasteiger partial charge in [-0.25, -0.2) is 4.98 Å². The van der Waals surface area contributed by atoms with E-state index in [-0.39, 0.29) is 12.5 Å². The lowest BCUT2D eigenvalue weighted by Gasteiger charge is -2.01. The van der Waals surface area contributed by atoms with E-state index in [2.05, 4.69) is 10.1 Å². The first-order valence-corrected chi connectivity index (χ1v) is 7.55. The van der Waals surface area contributed by atoms with Gasteiger partial charge in [0.2, 0.25) is 5.13 Å². The van der Waals surface area contributed by atoms with Crippen molar-refractivity contribution in [2.75, 3.05) is 0 Å². The molecule has 0 amide bonds. The van der Waals surface area contributed by atoms with Crippen LogP contribution in [0.1, 0.15) is 31.0 Å². The van der Waals surface area contributed by atoms with Crippen molar-refractivity contribution in [1.82, 2.24) is 14.8 Å². The highest BCUT2D eigenvalue weighted by Gasteiger charge is 2.20. The molecular weight excluding hydrogens is 294 g/mol. The first-order chi connectivity index (χ1) is 9.61. The SMILES string of the molecule is CC(C)c1nn(-c2nc3ccccc3s2)c(Cl)c1CO. The Kier molecular flexibility index (Phi) is 3.50. The monoisotopic (exact) mass is 307 g/mol. The summed E-state index contributed by atoms with van der Waals surface area (Å²) in [5, 5.41) is 15.2. The van der Waals surface area contributed by atoms with Crippen LogP contribution in [0.4, 0.5) is 0 Å². The highest BCUT2D eigenvalue weighted by Crippen LogP contribution is 2.31. The summed E-state index contributed by atoms with van der Waals surface area (Å²) in [7, 11) is 0. The molecule has 2 aromatic heterocycles. The molecule has 0 bridgehead atoms. The van der Waals surface area contributed by atoms with Crippen molar-refractivity contribution in [3.63, 3.8) is 0 Å². The van der Waals surface area contributed by atoms with Crippen LogP contribution in [0.5, 0.6) is 0 Å². The Morgan fingerprint density at radius 3 is 2.70 bits per heavy atom. The van der Waals surface area contributed by atoms with Crippen LogP contribution in [0.15, 0.2) is 24.3 Å². The molecule has 3 rings (SSSR count). The van der Waals surface area contributed by atoms with E-state index >= 15 is 0 Å². The van der Waals surface area contributed by atoms with Crippen molar-refractivity contribution >= 4 is 33.2 Å². The quantitative estimate of drug-likeness (QED) is 0.801. The van der Waals surface area contributed by atoms with Gasteiger partial charge in [-0.3, -0.25) is 0 Å². The average molecular weight is 308 g/mol. The fraction of sp³-hybridized carbons (Fsp3) is 0.286. The normalized spacial score (nSPS) is 11.7. The number of fused-ring (bicyclic) bond motifs is 1. The van der Waals surface area contributed by atoms with Gasteiger partial charge >= 0.3 is 0 Å². The van der Waals surface area contributed by atoms with Gasteiger partial charge in [-0.15, -0.1) is 0 Å². The van der Waals surface area contributed by atoms with Crippen molar-refractivity contribution < 1.29 is 5.11 Å². The zero-order chi connectivity index (χ0) is 14.3. The number of rotatable bonds is 3. The largest absolute Gasteiger partial charge is 0.391 e. The van der Waals surface area contributed by atoms with Crippen LogP contribution in [0.3, 0.4) is 0 Å². The summed E-state index contributed by atoms with van der Waals surface area (Å²) >= 11 is 7.87. The van der Waals surface area contributed by atoms with Crippen LogP contribution < -0.4 is 0 Å². The fourth-order valence-electron chi connectivity index (χ4n) is 2.13. The Labute approximate surface area is 125 Å². The van der Waals surface area contributed by atoms with Crippen LogP contribution in [-0.2, 0) is 6.61 Å². The number of para-hydroxylation sites is 1. The van der Waals surface area contributed by atoms with E-state index in [1.807, 2.05) is 38.1 Å². The summed E-state index contributed by atoms with van der Waals surface area (Å²) in [6, 6.07) is 7.91.